The molecule has 2 aromatic carbocycles. The van der Waals surface area contributed by atoms with Gasteiger partial charge in [0, 0.05) is 48.7 Å². The van der Waals surface area contributed by atoms with Crippen molar-refractivity contribution in [2.45, 2.75) is 5.75 Å². The maximum atomic E-state index is 12.6. The van der Waals surface area contributed by atoms with Gasteiger partial charge in [-0.3, -0.25) is 9.59 Å². The second-order valence-corrected chi connectivity index (χ2v) is 8.27. The molecular formula is C23H24N4O3S. The van der Waals surface area contributed by atoms with Gasteiger partial charge in [-0.25, -0.2) is 4.98 Å². The zero-order valence-electron chi connectivity index (χ0n) is 17.1. The van der Waals surface area contributed by atoms with E-state index in [1.54, 1.807) is 30.2 Å². The van der Waals surface area contributed by atoms with Crippen molar-refractivity contribution in [3.05, 3.63) is 72.1 Å². The van der Waals surface area contributed by atoms with Crippen LogP contribution in [0.1, 0.15) is 16.1 Å². The predicted molar refractivity (Wildman–Crippen MR) is 122 cm³/mol. The number of primary amides is 1. The van der Waals surface area contributed by atoms with Gasteiger partial charge in [-0.05, 0) is 36.4 Å². The summed E-state index contributed by atoms with van der Waals surface area (Å²) in [6.07, 6.45) is 1.65. The second-order valence-electron chi connectivity index (χ2n) is 7.28. The molecule has 2 amide bonds. The van der Waals surface area contributed by atoms with Gasteiger partial charge >= 0.3 is 0 Å². The third kappa shape index (κ3) is 5.27. The molecule has 31 heavy (non-hydrogen) atoms. The van der Waals surface area contributed by atoms with Crippen molar-refractivity contribution < 1.29 is 14.0 Å². The zero-order valence-corrected chi connectivity index (χ0v) is 17.9. The number of hydrogen-bond donors (Lipinski definition) is 1. The maximum Gasteiger partial charge on any atom is 0.248 e. The molecule has 0 unspecified atom stereocenters. The van der Waals surface area contributed by atoms with Crippen molar-refractivity contribution in [2.24, 2.45) is 5.73 Å². The van der Waals surface area contributed by atoms with Crippen LogP contribution < -0.4 is 10.6 Å². The maximum absolute atomic E-state index is 12.6. The van der Waals surface area contributed by atoms with Gasteiger partial charge in [0.05, 0.1) is 11.4 Å². The number of nitrogens with two attached hydrogens (primary N) is 1. The summed E-state index contributed by atoms with van der Waals surface area (Å²) < 4.78 is 5.55. The van der Waals surface area contributed by atoms with Crippen LogP contribution in [-0.2, 0) is 10.5 Å². The summed E-state index contributed by atoms with van der Waals surface area (Å²) >= 11 is 1.55. The van der Waals surface area contributed by atoms with E-state index >= 15 is 0 Å². The molecule has 0 bridgehead atoms. The number of thioether (sulfide) groups is 1. The molecule has 0 radical (unpaired) electrons. The van der Waals surface area contributed by atoms with E-state index in [0.717, 1.165) is 30.0 Å². The largest absolute Gasteiger partial charge is 0.444 e. The van der Waals surface area contributed by atoms with E-state index in [-0.39, 0.29) is 5.91 Å². The molecule has 8 heteroatoms. The Morgan fingerprint density at radius 3 is 2.39 bits per heavy atom. The van der Waals surface area contributed by atoms with Gasteiger partial charge in [0.15, 0.2) is 0 Å². The molecule has 1 saturated heterocycles. The number of nitrogens with zero attached hydrogens (tertiary/aromatic N) is 3. The number of piperazine rings is 1. The summed E-state index contributed by atoms with van der Waals surface area (Å²) in [6.45, 7) is 2.88. The number of benzene rings is 2. The van der Waals surface area contributed by atoms with E-state index in [0.29, 0.717) is 36.0 Å². The Balaban J connectivity index is 1.22. The minimum Gasteiger partial charge on any atom is -0.444 e. The van der Waals surface area contributed by atoms with Gasteiger partial charge in [0.25, 0.3) is 0 Å². The fraction of sp³-hybridized carbons (Fsp3) is 0.261. The van der Waals surface area contributed by atoms with Crippen LogP contribution in [0.5, 0.6) is 0 Å². The molecule has 0 aliphatic carbocycles. The highest BCUT2D eigenvalue weighted by molar-refractivity contribution is 7.99. The van der Waals surface area contributed by atoms with Crippen molar-refractivity contribution in [1.82, 2.24) is 9.88 Å². The molecule has 1 aromatic heterocycles. The van der Waals surface area contributed by atoms with Crippen LogP contribution in [0.15, 0.2) is 65.3 Å². The minimum atomic E-state index is -0.429. The summed E-state index contributed by atoms with van der Waals surface area (Å²) in [5, 5.41) is 0. The Bertz CT molecular complexity index is 1030. The van der Waals surface area contributed by atoms with Crippen LogP contribution in [0.3, 0.4) is 0 Å². The molecule has 0 spiro atoms. The van der Waals surface area contributed by atoms with E-state index in [9.17, 15) is 9.59 Å². The Labute approximate surface area is 185 Å². The van der Waals surface area contributed by atoms with Crippen LogP contribution in [0, 0.1) is 0 Å². The summed E-state index contributed by atoms with van der Waals surface area (Å²) in [5.74, 6) is 1.36. The summed E-state index contributed by atoms with van der Waals surface area (Å²) in [5.41, 5.74) is 8.60. The number of hydrogen-bond acceptors (Lipinski definition) is 6. The molecule has 4 rings (SSSR count). The lowest BCUT2D eigenvalue weighted by Gasteiger charge is -2.36. The molecule has 1 aliphatic rings. The van der Waals surface area contributed by atoms with E-state index in [1.165, 1.54) is 0 Å². The smallest absolute Gasteiger partial charge is 0.248 e. The quantitative estimate of drug-likeness (QED) is 0.612. The van der Waals surface area contributed by atoms with Crippen LogP contribution in [0.4, 0.5) is 5.69 Å². The Morgan fingerprint density at radius 2 is 1.71 bits per heavy atom. The first-order chi connectivity index (χ1) is 15.1. The number of anilines is 1. The molecule has 2 heterocycles. The van der Waals surface area contributed by atoms with Gasteiger partial charge in [0.1, 0.15) is 6.26 Å². The van der Waals surface area contributed by atoms with Gasteiger partial charge < -0.3 is 20.0 Å². The SMILES string of the molecule is NC(=O)c1ccc(N2CCN(C(=O)CSCc3coc(-c4ccccc4)n3)CC2)cc1. The molecule has 0 atom stereocenters. The molecule has 1 aliphatic heterocycles. The van der Waals surface area contributed by atoms with Crippen molar-refractivity contribution in [2.75, 3.05) is 36.8 Å². The fourth-order valence-corrected chi connectivity index (χ4v) is 4.27. The normalized spacial score (nSPS) is 13.9. The van der Waals surface area contributed by atoms with Crippen molar-refractivity contribution >= 4 is 29.3 Å². The standard InChI is InChI=1S/C23H24N4O3S/c24-22(29)17-6-8-20(9-7-17)26-10-12-27(13-11-26)21(28)16-31-15-19-14-30-23(25-19)18-4-2-1-3-5-18/h1-9,14H,10-13,15-16H2,(H2,24,29). The molecule has 2 N–H and O–H groups in total. The predicted octanol–water partition coefficient (Wildman–Crippen LogP) is 3.02. The van der Waals surface area contributed by atoms with E-state index in [2.05, 4.69) is 9.88 Å². The lowest BCUT2D eigenvalue weighted by atomic mass is 10.1. The lowest BCUT2D eigenvalue weighted by Crippen LogP contribution is -2.49. The Morgan fingerprint density at radius 1 is 1.00 bits per heavy atom. The van der Waals surface area contributed by atoms with Crippen LogP contribution in [0.2, 0.25) is 0 Å². The van der Waals surface area contributed by atoms with Crippen LogP contribution in [-0.4, -0.2) is 53.6 Å². The van der Waals surface area contributed by atoms with E-state index < -0.39 is 5.91 Å². The average Bonchev–Trinajstić information content (AvgIpc) is 3.29. The number of carbonyl (C=O) groups excluding carboxylic acids is 2. The first-order valence-corrected chi connectivity index (χ1v) is 11.3. The molecule has 3 aromatic rings. The number of carbonyl (C=O) groups is 2. The Kier molecular flexibility index (Phi) is 6.57. The summed E-state index contributed by atoms with van der Waals surface area (Å²) in [6, 6.07) is 17.0. The van der Waals surface area contributed by atoms with Crippen LogP contribution in [0.25, 0.3) is 11.5 Å². The third-order valence-corrected chi connectivity index (χ3v) is 6.15. The second kappa shape index (κ2) is 9.70. The number of rotatable bonds is 7. The monoisotopic (exact) mass is 436 g/mol. The minimum absolute atomic E-state index is 0.139. The Hall–Kier alpha value is -3.26. The molecular weight excluding hydrogens is 412 g/mol. The fourth-order valence-electron chi connectivity index (χ4n) is 3.47. The number of oxazole rings is 1. The first kappa shape index (κ1) is 21.0. The summed E-state index contributed by atoms with van der Waals surface area (Å²) in [7, 11) is 0. The molecule has 7 nitrogen and oxygen atoms in total. The number of amides is 2. The van der Waals surface area contributed by atoms with Crippen LogP contribution >= 0.6 is 11.8 Å². The zero-order chi connectivity index (χ0) is 21.6. The summed E-state index contributed by atoms with van der Waals surface area (Å²) in [4.78, 5) is 32.4. The first-order valence-electron chi connectivity index (χ1n) is 10.1. The van der Waals surface area contributed by atoms with Gasteiger partial charge in [-0.1, -0.05) is 18.2 Å². The van der Waals surface area contributed by atoms with Crippen molar-refractivity contribution in [1.29, 1.82) is 0 Å². The highest BCUT2D eigenvalue weighted by Gasteiger charge is 2.21. The van der Waals surface area contributed by atoms with Gasteiger partial charge in [-0.15, -0.1) is 11.8 Å². The highest BCUT2D eigenvalue weighted by Crippen LogP contribution is 2.21. The van der Waals surface area contributed by atoms with Gasteiger partial charge in [-0.2, -0.15) is 0 Å². The third-order valence-electron chi connectivity index (χ3n) is 5.20. The number of aromatic nitrogens is 1. The average molecular weight is 437 g/mol. The molecule has 160 valence electrons. The highest BCUT2D eigenvalue weighted by atomic mass is 32.2. The molecule has 0 saturated carbocycles. The lowest BCUT2D eigenvalue weighted by molar-refractivity contribution is -0.128. The van der Waals surface area contributed by atoms with E-state index in [4.69, 9.17) is 10.2 Å². The van der Waals surface area contributed by atoms with Crippen molar-refractivity contribution in [3.8, 4) is 11.5 Å². The molecule has 1 fully saturated rings. The van der Waals surface area contributed by atoms with Gasteiger partial charge in [0.2, 0.25) is 17.7 Å². The van der Waals surface area contributed by atoms with E-state index in [1.807, 2.05) is 47.4 Å². The topological polar surface area (TPSA) is 92.7 Å². The van der Waals surface area contributed by atoms with Crippen molar-refractivity contribution in [3.63, 3.8) is 0 Å².